The first-order valence-electron chi connectivity index (χ1n) is 6.05. The number of hydrogen-bond acceptors (Lipinski definition) is 5. The average Bonchev–Trinajstić information content (AvgIpc) is 2.77. The lowest BCUT2D eigenvalue weighted by Crippen LogP contribution is -2.46. The van der Waals surface area contributed by atoms with Crippen molar-refractivity contribution < 1.29 is 27.9 Å². The van der Waals surface area contributed by atoms with Crippen LogP contribution in [0.5, 0.6) is 0 Å². The van der Waals surface area contributed by atoms with Crippen molar-refractivity contribution in [3.8, 4) is 0 Å². The van der Waals surface area contributed by atoms with Crippen LogP contribution in [-0.4, -0.2) is 68.5 Å². The summed E-state index contributed by atoms with van der Waals surface area (Å²) < 4.78 is 26.5. The SMILES string of the molecule is COC1CC(C(=O)O)N(C(=O)NCCCS(N)(=O)=O)C1. The number of aliphatic carboxylic acids is 1. The molecule has 1 saturated heterocycles. The molecule has 0 radical (unpaired) electrons. The molecular weight excluding hydrogens is 290 g/mol. The zero-order valence-corrected chi connectivity index (χ0v) is 11.9. The molecule has 1 fully saturated rings. The molecule has 1 heterocycles. The molecule has 0 bridgehead atoms. The summed E-state index contributed by atoms with van der Waals surface area (Å²) in [4.78, 5) is 24.1. The molecule has 0 aromatic heterocycles. The summed E-state index contributed by atoms with van der Waals surface area (Å²) in [7, 11) is -2.10. The first-order chi connectivity index (χ1) is 9.24. The minimum Gasteiger partial charge on any atom is -0.480 e. The number of ether oxygens (including phenoxy) is 1. The van der Waals surface area contributed by atoms with Crippen LogP contribution in [0.3, 0.4) is 0 Å². The van der Waals surface area contributed by atoms with Gasteiger partial charge in [-0.2, -0.15) is 0 Å². The molecule has 0 aromatic rings. The van der Waals surface area contributed by atoms with Crippen LogP contribution in [0.2, 0.25) is 0 Å². The number of nitrogens with one attached hydrogen (secondary N) is 1. The van der Waals surface area contributed by atoms with Gasteiger partial charge in [-0.15, -0.1) is 0 Å². The first kappa shape index (κ1) is 16.7. The van der Waals surface area contributed by atoms with E-state index in [1.54, 1.807) is 0 Å². The van der Waals surface area contributed by atoms with Crippen LogP contribution in [0.15, 0.2) is 0 Å². The number of sulfonamides is 1. The second-order valence-electron chi connectivity index (χ2n) is 4.55. The molecule has 0 aliphatic carbocycles. The topological polar surface area (TPSA) is 139 Å². The molecule has 20 heavy (non-hydrogen) atoms. The zero-order valence-electron chi connectivity index (χ0n) is 11.1. The number of carbonyl (C=O) groups is 2. The number of carboxylic acid groups (broad SMARTS) is 1. The minimum atomic E-state index is -3.56. The summed E-state index contributed by atoms with van der Waals surface area (Å²) >= 11 is 0. The van der Waals surface area contributed by atoms with E-state index in [4.69, 9.17) is 15.0 Å². The van der Waals surface area contributed by atoms with Crippen molar-refractivity contribution in [3.63, 3.8) is 0 Å². The fraction of sp³-hybridized carbons (Fsp3) is 0.800. The monoisotopic (exact) mass is 309 g/mol. The fourth-order valence-corrected chi connectivity index (χ4v) is 2.54. The van der Waals surface area contributed by atoms with Crippen LogP contribution in [0.1, 0.15) is 12.8 Å². The van der Waals surface area contributed by atoms with Gasteiger partial charge in [0.15, 0.2) is 0 Å². The van der Waals surface area contributed by atoms with Gasteiger partial charge in [0.25, 0.3) is 0 Å². The van der Waals surface area contributed by atoms with E-state index in [-0.39, 0.29) is 37.8 Å². The highest BCUT2D eigenvalue weighted by molar-refractivity contribution is 7.89. The number of carbonyl (C=O) groups excluding carboxylic acids is 1. The molecule has 2 atom stereocenters. The Morgan fingerprint density at radius 2 is 2.15 bits per heavy atom. The Kier molecular flexibility index (Phi) is 5.72. The number of hydrogen-bond donors (Lipinski definition) is 3. The van der Waals surface area contributed by atoms with Gasteiger partial charge in [-0.3, -0.25) is 0 Å². The molecular formula is C10H19N3O6S. The Bertz CT molecular complexity index is 466. The molecule has 1 aliphatic heterocycles. The molecule has 0 saturated carbocycles. The van der Waals surface area contributed by atoms with E-state index in [1.807, 2.05) is 0 Å². The van der Waals surface area contributed by atoms with Gasteiger partial charge in [0.1, 0.15) is 6.04 Å². The maximum atomic E-state index is 11.9. The van der Waals surface area contributed by atoms with E-state index in [2.05, 4.69) is 5.32 Å². The van der Waals surface area contributed by atoms with Gasteiger partial charge < -0.3 is 20.1 Å². The Balaban J connectivity index is 2.47. The van der Waals surface area contributed by atoms with Gasteiger partial charge in [-0.1, -0.05) is 0 Å². The second-order valence-corrected chi connectivity index (χ2v) is 6.29. The highest BCUT2D eigenvalue weighted by Gasteiger charge is 2.39. The second kappa shape index (κ2) is 6.86. The smallest absolute Gasteiger partial charge is 0.326 e. The Labute approximate surface area is 117 Å². The number of methoxy groups -OCH3 is 1. The summed E-state index contributed by atoms with van der Waals surface area (Å²) in [5.74, 6) is -1.33. The van der Waals surface area contributed by atoms with Crippen molar-refractivity contribution in [2.24, 2.45) is 5.14 Å². The Hall–Kier alpha value is -1.39. The van der Waals surface area contributed by atoms with Crippen molar-refractivity contribution in [1.82, 2.24) is 10.2 Å². The van der Waals surface area contributed by atoms with E-state index in [9.17, 15) is 18.0 Å². The predicted molar refractivity (Wildman–Crippen MR) is 69.5 cm³/mol. The summed E-state index contributed by atoms with van der Waals surface area (Å²) in [5, 5.41) is 16.4. The maximum Gasteiger partial charge on any atom is 0.326 e. The van der Waals surface area contributed by atoms with Crippen LogP contribution in [0, 0.1) is 0 Å². The van der Waals surface area contributed by atoms with E-state index in [0.29, 0.717) is 0 Å². The van der Waals surface area contributed by atoms with Crippen molar-refractivity contribution in [3.05, 3.63) is 0 Å². The van der Waals surface area contributed by atoms with Gasteiger partial charge in [0.2, 0.25) is 10.0 Å². The quantitative estimate of drug-likeness (QED) is 0.513. The largest absolute Gasteiger partial charge is 0.480 e. The van der Waals surface area contributed by atoms with E-state index in [1.165, 1.54) is 12.0 Å². The molecule has 1 aliphatic rings. The number of rotatable bonds is 6. The van der Waals surface area contributed by atoms with Crippen LogP contribution in [0.25, 0.3) is 0 Å². The normalized spacial score (nSPS) is 22.8. The van der Waals surface area contributed by atoms with Crippen LogP contribution < -0.4 is 10.5 Å². The van der Waals surface area contributed by atoms with Gasteiger partial charge in [-0.25, -0.2) is 23.1 Å². The highest BCUT2D eigenvalue weighted by Crippen LogP contribution is 2.20. The highest BCUT2D eigenvalue weighted by atomic mass is 32.2. The Morgan fingerprint density at radius 3 is 2.65 bits per heavy atom. The van der Waals surface area contributed by atoms with Crippen LogP contribution in [0.4, 0.5) is 4.79 Å². The van der Waals surface area contributed by atoms with Crippen LogP contribution in [-0.2, 0) is 19.6 Å². The van der Waals surface area contributed by atoms with Crippen molar-refractivity contribution in [2.75, 3.05) is 26.0 Å². The molecule has 0 aromatic carbocycles. The third kappa shape index (κ3) is 4.94. The van der Waals surface area contributed by atoms with Gasteiger partial charge in [-0.05, 0) is 6.42 Å². The van der Waals surface area contributed by atoms with Gasteiger partial charge in [0.05, 0.1) is 11.9 Å². The summed E-state index contributed by atoms with van der Waals surface area (Å²) in [6.45, 7) is 0.296. The number of nitrogens with zero attached hydrogens (tertiary/aromatic N) is 1. The lowest BCUT2D eigenvalue weighted by atomic mass is 10.2. The zero-order chi connectivity index (χ0) is 15.3. The number of carboxylic acids is 1. The van der Waals surface area contributed by atoms with E-state index in [0.717, 1.165) is 0 Å². The molecule has 2 amide bonds. The average molecular weight is 309 g/mol. The lowest BCUT2D eigenvalue weighted by molar-refractivity contribution is -0.141. The summed E-state index contributed by atoms with van der Waals surface area (Å²) in [6.07, 6.45) is 0.0894. The number of primary sulfonamides is 1. The molecule has 1 rings (SSSR count). The number of amides is 2. The van der Waals surface area contributed by atoms with Gasteiger partial charge >= 0.3 is 12.0 Å². The molecule has 9 nitrogen and oxygen atoms in total. The van der Waals surface area contributed by atoms with E-state index >= 15 is 0 Å². The third-order valence-corrected chi connectivity index (χ3v) is 3.88. The standard InChI is InChI=1S/C10H19N3O6S/c1-19-7-5-8(9(14)15)13(6-7)10(16)12-3-2-4-20(11,17)18/h7-8H,2-6H2,1H3,(H,12,16)(H,14,15)(H2,11,17,18). The van der Waals surface area contributed by atoms with Gasteiger partial charge in [0, 0.05) is 26.6 Å². The summed E-state index contributed by atoms with van der Waals surface area (Å²) in [6, 6.07) is -1.48. The number of urea groups is 1. The van der Waals surface area contributed by atoms with E-state index < -0.39 is 28.1 Å². The van der Waals surface area contributed by atoms with Crippen molar-refractivity contribution in [2.45, 2.75) is 25.0 Å². The molecule has 10 heteroatoms. The first-order valence-corrected chi connectivity index (χ1v) is 7.76. The van der Waals surface area contributed by atoms with Crippen molar-refractivity contribution >= 4 is 22.0 Å². The third-order valence-electron chi connectivity index (χ3n) is 3.02. The Morgan fingerprint density at radius 1 is 1.50 bits per heavy atom. The maximum absolute atomic E-state index is 11.9. The van der Waals surface area contributed by atoms with Crippen molar-refractivity contribution in [1.29, 1.82) is 0 Å². The minimum absolute atomic E-state index is 0.107. The number of nitrogens with two attached hydrogens (primary N) is 1. The predicted octanol–water partition coefficient (Wildman–Crippen LogP) is -1.45. The molecule has 4 N–H and O–H groups in total. The molecule has 0 spiro atoms. The molecule has 2 unspecified atom stereocenters. The fourth-order valence-electron chi connectivity index (χ4n) is 2.00. The summed E-state index contributed by atoms with van der Waals surface area (Å²) in [5.41, 5.74) is 0. The number of likely N-dealkylation sites (tertiary alicyclic amines) is 1. The molecule has 116 valence electrons. The lowest BCUT2D eigenvalue weighted by Gasteiger charge is -2.21. The van der Waals surface area contributed by atoms with Crippen LogP contribution >= 0.6 is 0 Å².